The summed E-state index contributed by atoms with van der Waals surface area (Å²) >= 11 is 3.31. The van der Waals surface area contributed by atoms with E-state index in [1.54, 1.807) is 19.2 Å². The lowest BCUT2D eigenvalue weighted by Crippen LogP contribution is -2.23. The van der Waals surface area contributed by atoms with Crippen molar-refractivity contribution in [3.63, 3.8) is 0 Å². The SMILES string of the molecule is CNC(c1cnccc1C(F)(F)F)c1ncccc1Br. The summed E-state index contributed by atoms with van der Waals surface area (Å²) in [6, 6.07) is 3.71. The van der Waals surface area contributed by atoms with Gasteiger partial charge in [-0.1, -0.05) is 0 Å². The van der Waals surface area contributed by atoms with Gasteiger partial charge < -0.3 is 5.32 Å². The van der Waals surface area contributed by atoms with Crippen LogP contribution in [0.25, 0.3) is 0 Å². The molecule has 7 heteroatoms. The zero-order valence-corrected chi connectivity index (χ0v) is 12.0. The average molecular weight is 346 g/mol. The fourth-order valence-electron chi connectivity index (χ4n) is 1.94. The van der Waals surface area contributed by atoms with Crippen molar-refractivity contribution in [2.75, 3.05) is 7.05 Å². The number of pyridine rings is 2. The Morgan fingerprint density at radius 2 is 2.00 bits per heavy atom. The Morgan fingerprint density at radius 1 is 1.25 bits per heavy atom. The zero-order chi connectivity index (χ0) is 14.8. The minimum absolute atomic E-state index is 0.0434. The number of nitrogens with zero attached hydrogens (tertiary/aromatic N) is 2. The van der Waals surface area contributed by atoms with Crippen LogP contribution in [0, 0.1) is 0 Å². The smallest absolute Gasteiger partial charge is 0.308 e. The second kappa shape index (κ2) is 5.88. The monoisotopic (exact) mass is 345 g/mol. The van der Waals surface area contributed by atoms with E-state index in [4.69, 9.17) is 0 Å². The average Bonchev–Trinajstić information content (AvgIpc) is 2.41. The molecule has 106 valence electrons. The first-order valence-corrected chi connectivity index (χ1v) is 6.53. The lowest BCUT2D eigenvalue weighted by atomic mass is 9.99. The Hall–Kier alpha value is -1.47. The highest BCUT2D eigenvalue weighted by molar-refractivity contribution is 9.10. The van der Waals surface area contributed by atoms with Crippen LogP contribution in [0.4, 0.5) is 13.2 Å². The molecule has 2 aromatic heterocycles. The van der Waals surface area contributed by atoms with Crippen molar-refractivity contribution in [2.24, 2.45) is 0 Å². The van der Waals surface area contributed by atoms with Gasteiger partial charge in [0.1, 0.15) is 0 Å². The molecule has 0 bridgehead atoms. The normalized spacial score (nSPS) is 13.2. The van der Waals surface area contributed by atoms with Gasteiger partial charge in [0.05, 0.1) is 17.3 Å². The summed E-state index contributed by atoms with van der Waals surface area (Å²) in [5, 5.41) is 2.86. The highest BCUT2D eigenvalue weighted by Gasteiger charge is 2.36. The predicted octanol–water partition coefficient (Wildman–Crippen LogP) is 3.57. The van der Waals surface area contributed by atoms with Gasteiger partial charge in [-0.05, 0) is 41.2 Å². The van der Waals surface area contributed by atoms with Crippen molar-refractivity contribution in [1.29, 1.82) is 0 Å². The Balaban J connectivity index is 2.57. The minimum atomic E-state index is -4.44. The van der Waals surface area contributed by atoms with Crippen molar-refractivity contribution in [2.45, 2.75) is 12.2 Å². The van der Waals surface area contributed by atoms with Crippen molar-refractivity contribution in [3.8, 4) is 0 Å². The van der Waals surface area contributed by atoms with Gasteiger partial charge in [0.2, 0.25) is 0 Å². The van der Waals surface area contributed by atoms with Crippen LogP contribution in [0.2, 0.25) is 0 Å². The Bertz CT molecular complexity index is 601. The Morgan fingerprint density at radius 3 is 2.60 bits per heavy atom. The number of hydrogen-bond donors (Lipinski definition) is 1. The predicted molar refractivity (Wildman–Crippen MR) is 72.1 cm³/mol. The molecule has 0 saturated carbocycles. The first-order chi connectivity index (χ1) is 9.45. The van der Waals surface area contributed by atoms with Crippen molar-refractivity contribution in [3.05, 3.63) is 58.1 Å². The molecule has 2 heterocycles. The van der Waals surface area contributed by atoms with E-state index in [0.29, 0.717) is 10.2 Å². The molecular formula is C13H11BrF3N3. The van der Waals surface area contributed by atoms with Crippen LogP contribution in [0.5, 0.6) is 0 Å². The molecule has 0 aliphatic carbocycles. The van der Waals surface area contributed by atoms with Crippen molar-refractivity contribution in [1.82, 2.24) is 15.3 Å². The lowest BCUT2D eigenvalue weighted by Gasteiger charge is -2.21. The van der Waals surface area contributed by atoms with Crippen LogP contribution < -0.4 is 5.32 Å². The molecule has 3 nitrogen and oxygen atoms in total. The van der Waals surface area contributed by atoms with E-state index in [9.17, 15) is 13.2 Å². The molecule has 2 rings (SSSR count). The molecule has 0 aliphatic rings. The minimum Gasteiger partial charge on any atom is -0.308 e. The summed E-state index contributed by atoms with van der Waals surface area (Å²) in [5.41, 5.74) is -0.195. The molecule has 0 radical (unpaired) electrons. The molecule has 0 aromatic carbocycles. The quantitative estimate of drug-likeness (QED) is 0.924. The van der Waals surface area contributed by atoms with E-state index < -0.39 is 17.8 Å². The van der Waals surface area contributed by atoms with Crippen LogP contribution in [-0.2, 0) is 6.18 Å². The standard InChI is InChI=1S/C13H11BrF3N3/c1-18-11(12-10(14)3-2-5-20-12)8-7-19-6-4-9(8)13(15,16)17/h2-7,11,18H,1H3. The van der Waals surface area contributed by atoms with E-state index in [2.05, 4.69) is 31.2 Å². The van der Waals surface area contributed by atoms with Crippen LogP contribution in [0.15, 0.2) is 41.3 Å². The molecule has 0 saturated heterocycles. The molecule has 0 aliphatic heterocycles. The third-order valence-corrected chi connectivity index (χ3v) is 3.49. The molecule has 2 aromatic rings. The third kappa shape index (κ3) is 2.99. The van der Waals surface area contributed by atoms with E-state index in [1.807, 2.05) is 0 Å². The first kappa shape index (κ1) is 14.9. The first-order valence-electron chi connectivity index (χ1n) is 5.74. The maximum Gasteiger partial charge on any atom is 0.416 e. The van der Waals surface area contributed by atoms with E-state index >= 15 is 0 Å². The Labute approximate surface area is 122 Å². The Kier molecular flexibility index (Phi) is 4.39. The number of rotatable bonds is 3. The summed E-state index contributed by atoms with van der Waals surface area (Å²) in [7, 11) is 1.58. The van der Waals surface area contributed by atoms with Gasteiger partial charge >= 0.3 is 6.18 Å². The van der Waals surface area contributed by atoms with Gasteiger partial charge in [0, 0.05) is 28.6 Å². The number of hydrogen-bond acceptors (Lipinski definition) is 3. The second-order valence-electron chi connectivity index (χ2n) is 4.05. The van der Waals surface area contributed by atoms with Crippen LogP contribution >= 0.6 is 15.9 Å². The third-order valence-electron chi connectivity index (χ3n) is 2.82. The molecular weight excluding hydrogens is 335 g/mol. The second-order valence-corrected chi connectivity index (χ2v) is 4.91. The summed E-state index contributed by atoms with van der Waals surface area (Å²) in [6.45, 7) is 0. The molecule has 1 atom stereocenters. The lowest BCUT2D eigenvalue weighted by molar-refractivity contribution is -0.138. The van der Waals surface area contributed by atoms with Crippen molar-refractivity contribution >= 4 is 15.9 Å². The largest absolute Gasteiger partial charge is 0.416 e. The van der Waals surface area contributed by atoms with E-state index in [0.717, 1.165) is 12.3 Å². The maximum absolute atomic E-state index is 13.1. The van der Waals surface area contributed by atoms with Gasteiger partial charge in [-0.2, -0.15) is 13.2 Å². The van der Waals surface area contributed by atoms with Crippen LogP contribution in [0.3, 0.4) is 0 Å². The highest BCUT2D eigenvalue weighted by atomic mass is 79.9. The van der Waals surface area contributed by atoms with Gasteiger partial charge in [-0.3, -0.25) is 9.97 Å². The highest BCUT2D eigenvalue weighted by Crippen LogP contribution is 2.36. The summed E-state index contributed by atoms with van der Waals surface area (Å²) < 4.78 is 39.9. The summed E-state index contributed by atoms with van der Waals surface area (Å²) in [6.07, 6.45) is -0.555. The fraction of sp³-hybridized carbons (Fsp3) is 0.231. The molecule has 20 heavy (non-hydrogen) atoms. The van der Waals surface area contributed by atoms with Crippen LogP contribution in [0.1, 0.15) is 22.9 Å². The number of aromatic nitrogens is 2. The van der Waals surface area contributed by atoms with Crippen LogP contribution in [-0.4, -0.2) is 17.0 Å². The molecule has 0 fully saturated rings. The zero-order valence-electron chi connectivity index (χ0n) is 10.4. The van der Waals surface area contributed by atoms with Gasteiger partial charge in [-0.15, -0.1) is 0 Å². The number of halogens is 4. The maximum atomic E-state index is 13.1. The molecule has 1 unspecified atom stereocenters. The van der Waals surface area contributed by atoms with E-state index in [-0.39, 0.29) is 5.56 Å². The van der Waals surface area contributed by atoms with Gasteiger partial charge in [-0.25, -0.2) is 0 Å². The van der Waals surface area contributed by atoms with Gasteiger partial charge in [0.25, 0.3) is 0 Å². The van der Waals surface area contributed by atoms with Crippen molar-refractivity contribution < 1.29 is 13.2 Å². The fourth-order valence-corrected chi connectivity index (χ4v) is 2.43. The molecule has 0 spiro atoms. The molecule has 0 amide bonds. The molecule has 1 N–H and O–H groups in total. The topological polar surface area (TPSA) is 37.8 Å². The van der Waals surface area contributed by atoms with Gasteiger partial charge in [0.15, 0.2) is 0 Å². The number of alkyl halides is 3. The summed E-state index contributed by atoms with van der Waals surface area (Å²) in [4.78, 5) is 7.94. The summed E-state index contributed by atoms with van der Waals surface area (Å²) in [5.74, 6) is 0. The van der Waals surface area contributed by atoms with E-state index in [1.165, 1.54) is 12.4 Å². The number of nitrogens with one attached hydrogen (secondary N) is 1.